The molecule has 0 spiro atoms. The number of hydrogen-bond acceptors (Lipinski definition) is 3. The summed E-state index contributed by atoms with van der Waals surface area (Å²) in [5.41, 5.74) is 7.00. The van der Waals surface area contributed by atoms with Crippen molar-refractivity contribution in [3.05, 3.63) is 27.7 Å². The van der Waals surface area contributed by atoms with Crippen LogP contribution in [0.3, 0.4) is 0 Å². The van der Waals surface area contributed by atoms with Gasteiger partial charge in [-0.3, -0.25) is 4.79 Å². The topological polar surface area (TPSA) is 60.9 Å². The van der Waals surface area contributed by atoms with E-state index in [0.717, 1.165) is 11.3 Å². The van der Waals surface area contributed by atoms with Crippen LogP contribution < -0.4 is 11.3 Å². The summed E-state index contributed by atoms with van der Waals surface area (Å²) in [4.78, 5) is 11.2. The van der Waals surface area contributed by atoms with Crippen molar-refractivity contribution in [2.75, 3.05) is 0 Å². The van der Waals surface area contributed by atoms with Crippen molar-refractivity contribution in [2.24, 2.45) is 5.73 Å². The Hall–Kier alpha value is -1.16. The van der Waals surface area contributed by atoms with Crippen LogP contribution in [-0.2, 0) is 13.1 Å². The molecule has 0 bridgehead atoms. The lowest BCUT2D eigenvalue weighted by atomic mass is 10.2. The van der Waals surface area contributed by atoms with Crippen LogP contribution in [0.25, 0.3) is 0 Å². The van der Waals surface area contributed by atoms with Gasteiger partial charge in [0.1, 0.15) is 0 Å². The third kappa shape index (κ3) is 1.53. The lowest BCUT2D eigenvalue weighted by molar-refractivity contribution is 0.600. The van der Waals surface area contributed by atoms with Gasteiger partial charge in [0.25, 0.3) is 5.56 Å². The van der Waals surface area contributed by atoms with E-state index in [9.17, 15) is 4.79 Å². The van der Waals surface area contributed by atoms with E-state index in [2.05, 4.69) is 5.10 Å². The van der Waals surface area contributed by atoms with Gasteiger partial charge in [-0.05, 0) is 19.4 Å². The minimum absolute atomic E-state index is 0.0800. The average Bonchev–Trinajstić information content (AvgIpc) is 2.08. The van der Waals surface area contributed by atoms with Crippen LogP contribution in [0.5, 0.6) is 0 Å². The van der Waals surface area contributed by atoms with Gasteiger partial charge >= 0.3 is 0 Å². The maximum Gasteiger partial charge on any atom is 0.267 e. The van der Waals surface area contributed by atoms with Gasteiger partial charge in [0.05, 0.1) is 5.69 Å². The van der Waals surface area contributed by atoms with Crippen molar-refractivity contribution in [3.63, 3.8) is 0 Å². The maximum absolute atomic E-state index is 11.2. The van der Waals surface area contributed by atoms with E-state index < -0.39 is 0 Å². The Labute approximate surface area is 71.0 Å². The number of rotatable bonds is 2. The molecule has 4 nitrogen and oxygen atoms in total. The molecular weight excluding hydrogens is 154 g/mol. The van der Waals surface area contributed by atoms with Crippen LogP contribution in [-0.4, -0.2) is 9.78 Å². The molecule has 0 fully saturated rings. The highest BCUT2D eigenvalue weighted by molar-refractivity contribution is 5.15. The van der Waals surface area contributed by atoms with Gasteiger partial charge < -0.3 is 5.73 Å². The van der Waals surface area contributed by atoms with Crippen LogP contribution in [0, 0.1) is 6.92 Å². The molecule has 0 aromatic carbocycles. The first-order chi connectivity index (χ1) is 5.69. The first kappa shape index (κ1) is 8.93. The molecule has 4 heteroatoms. The Bertz CT molecular complexity index is 330. The maximum atomic E-state index is 11.2. The highest BCUT2D eigenvalue weighted by atomic mass is 16.1. The summed E-state index contributed by atoms with van der Waals surface area (Å²) >= 11 is 0. The van der Waals surface area contributed by atoms with E-state index in [1.165, 1.54) is 4.68 Å². The van der Waals surface area contributed by atoms with Gasteiger partial charge in [-0.15, -0.1) is 0 Å². The van der Waals surface area contributed by atoms with Crippen molar-refractivity contribution in [1.82, 2.24) is 9.78 Å². The molecule has 1 aromatic heterocycles. The van der Waals surface area contributed by atoms with Crippen molar-refractivity contribution in [2.45, 2.75) is 26.9 Å². The SMILES string of the molecule is CCn1nc(C)c(CN)cc1=O. The molecule has 0 saturated heterocycles. The second-order valence-electron chi connectivity index (χ2n) is 2.61. The molecule has 1 aromatic rings. The number of aryl methyl sites for hydroxylation is 2. The van der Waals surface area contributed by atoms with Crippen molar-refractivity contribution < 1.29 is 0 Å². The van der Waals surface area contributed by atoms with Gasteiger partial charge in [-0.1, -0.05) is 0 Å². The Morgan fingerprint density at radius 3 is 2.83 bits per heavy atom. The lowest BCUT2D eigenvalue weighted by Crippen LogP contribution is -2.24. The third-order valence-electron chi connectivity index (χ3n) is 1.81. The van der Waals surface area contributed by atoms with Gasteiger partial charge in [0.15, 0.2) is 0 Å². The summed E-state index contributed by atoms with van der Waals surface area (Å²) in [5, 5.41) is 4.09. The summed E-state index contributed by atoms with van der Waals surface area (Å²) in [6.45, 7) is 4.72. The van der Waals surface area contributed by atoms with Gasteiger partial charge in [-0.25, -0.2) is 4.68 Å². The first-order valence-electron chi connectivity index (χ1n) is 3.96. The fourth-order valence-electron chi connectivity index (χ4n) is 1.06. The predicted octanol–water partition coefficient (Wildman–Crippen LogP) is 0.0303. The zero-order valence-corrected chi connectivity index (χ0v) is 7.37. The molecule has 0 aliphatic heterocycles. The minimum atomic E-state index is -0.0800. The molecule has 2 N–H and O–H groups in total. The van der Waals surface area contributed by atoms with Crippen LogP contribution >= 0.6 is 0 Å². The fraction of sp³-hybridized carbons (Fsp3) is 0.500. The number of aromatic nitrogens is 2. The van der Waals surface area contributed by atoms with Gasteiger partial charge in [0.2, 0.25) is 0 Å². The van der Waals surface area contributed by atoms with Crippen LogP contribution in [0.2, 0.25) is 0 Å². The number of hydrogen-bond donors (Lipinski definition) is 1. The van der Waals surface area contributed by atoms with Crippen molar-refractivity contribution in [3.8, 4) is 0 Å². The molecule has 0 saturated carbocycles. The predicted molar refractivity (Wildman–Crippen MR) is 46.8 cm³/mol. The molecule has 0 unspecified atom stereocenters. The first-order valence-corrected chi connectivity index (χ1v) is 3.96. The molecule has 0 radical (unpaired) electrons. The third-order valence-corrected chi connectivity index (χ3v) is 1.81. The van der Waals surface area contributed by atoms with E-state index in [-0.39, 0.29) is 5.56 Å². The standard InChI is InChI=1S/C8H13N3O/c1-3-11-8(12)4-7(5-9)6(2)10-11/h4H,3,5,9H2,1-2H3. The van der Waals surface area contributed by atoms with E-state index in [4.69, 9.17) is 5.73 Å². The van der Waals surface area contributed by atoms with E-state index in [0.29, 0.717) is 13.1 Å². The molecule has 0 aliphatic rings. The van der Waals surface area contributed by atoms with Crippen LogP contribution in [0.15, 0.2) is 10.9 Å². The molecule has 0 amide bonds. The summed E-state index contributed by atoms with van der Waals surface area (Å²) in [7, 11) is 0. The number of nitrogens with zero attached hydrogens (tertiary/aromatic N) is 2. The second kappa shape index (κ2) is 3.49. The molecular formula is C8H13N3O. The summed E-state index contributed by atoms with van der Waals surface area (Å²) in [5.74, 6) is 0. The Morgan fingerprint density at radius 1 is 1.67 bits per heavy atom. The van der Waals surface area contributed by atoms with Gasteiger partial charge in [0, 0.05) is 19.2 Å². The monoisotopic (exact) mass is 167 g/mol. The average molecular weight is 167 g/mol. The zero-order chi connectivity index (χ0) is 9.14. The molecule has 0 atom stereocenters. The summed E-state index contributed by atoms with van der Waals surface area (Å²) in [6.07, 6.45) is 0. The smallest absolute Gasteiger partial charge is 0.267 e. The lowest BCUT2D eigenvalue weighted by Gasteiger charge is -2.04. The van der Waals surface area contributed by atoms with E-state index >= 15 is 0 Å². The normalized spacial score (nSPS) is 10.2. The number of nitrogens with two attached hydrogens (primary N) is 1. The molecule has 1 heterocycles. The van der Waals surface area contributed by atoms with Crippen molar-refractivity contribution >= 4 is 0 Å². The van der Waals surface area contributed by atoms with E-state index in [1.54, 1.807) is 6.07 Å². The molecule has 0 aliphatic carbocycles. The Kier molecular flexibility index (Phi) is 2.60. The van der Waals surface area contributed by atoms with E-state index in [1.807, 2.05) is 13.8 Å². The highest BCUT2D eigenvalue weighted by Gasteiger charge is 2.01. The van der Waals surface area contributed by atoms with Crippen LogP contribution in [0.1, 0.15) is 18.2 Å². The molecule has 66 valence electrons. The second-order valence-corrected chi connectivity index (χ2v) is 2.61. The van der Waals surface area contributed by atoms with Gasteiger partial charge in [-0.2, -0.15) is 5.10 Å². The largest absolute Gasteiger partial charge is 0.326 e. The Balaban J connectivity index is 3.26. The Morgan fingerprint density at radius 2 is 2.33 bits per heavy atom. The summed E-state index contributed by atoms with van der Waals surface area (Å²) in [6, 6.07) is 1.55. The zero-order valence-electron chi connectivity index (χ0n) is 7.37. The molecule has 1 rings (SSSR count). The minimum Gasteiger partial charge on any atom is -0.326 e. The molecule has 12 heavy (non-hydrogen) atoms. The fourth-order valence-corrected chi connectivity index (χ4v) is 1.06. The quantitative estimate of drug-likeness (QED) is 0.676. The summed E-state index contributed by atoms with van der Waals surface area (Å²) < 4.78 is 1.43. The van der Waals surface area contributed by atoms with Crippen molar-refractivity contribution in [1.29, 1.82) is 0 Å². The van der Waals surface area contributed by atoms with Crippen LogP contribution in [0.4, 0.5) is 0 Å². The highest BCUT2D eigenvalue weighted by Crippen LogP contribution is 1.98.